The number of hydrogen-bond donors (Lipinski definition) is 1. The van der Waals surface area contributed by atoms with Gasteiger partial charge in [0.05, 0.1) is 4.92 Å². The molecule has 0 saturated heterocycles. The Morgan fingerprint density at radius 2 is 2.24 bits per heavy atom. The second-order valence-corrected chi connectivity index (χ2v) is 4.96. The van der Waals surface area contributed by atoms with Crippen molar-refractivity contribution in [1.82, 2.24) is 0 Å². The standard InChI is InChI=1S/C12H12BrNO3/c13-10-6-2-1-4-8(10)9-5-3-7-11(12(9)15)14(16)17/h3,5-8,15H,1-2,4H2. The fraction of sp³-hybridized carbons (Fsp3) is 0.333. The van der Waals surface area contributed by atoms with Crippen LogP contribution in [0, 0.1) is 10.1 Å². The van der Waals surface area contributed by atoms with Crippen molar-refractivity contribution in [2.45, 2.75) is 25.2 Å². The molecule has 0 aromatic heterocycles. The monoisotopic (exact) mass is 297 g/mol. The van der Waals surface area contributed by atoms with Crippen LogP contribution in [-0.4, -0.2) is 10.0 Å². The highest BCUT2D eigenvalue weighted by Crippen LogP contribution is 2.43. The number of benzene rings is 1. The van der Waals surface area contributed by atoms with Gasteiger partial charge in [0.15, 0.2) is 5.75 Å². The zero-order valence-electron chi connectivity index (χ0n) is 9.10. The SMILES string of the molecule is O=[N+]([O-])c1cccc(C2CCCC=C2Br)c1O. The lowest BCUT2D eigenvalue weighted by atomic mass is 9.88. The van der Waals surface area contributed by atoms with Gasteiger partial charge in [0.1, 0.15) is 0 Å². The molecule has 17 heavy (non-hydrogen) atoms. The van der Waals surface area contributed by atoms with E-state index in [1.807, 2.05) is 0 Å². The lowest BCUT2D eigenvalue weighted by molar-refractivity contribution is -0.385. The third kappa shape index (κ3) is 2.34. The number of para-hydroxylation sites is 1. The van der Waals surface area contributed by atoms with Crippen molar-refractivity contribution in [3.63, 3.8) is 0 Å². The first kappa shape index (κ1) is 12.1. The van der Waals surface area contributed by atoms with Crippen LogP contribution < -0.4 is 0 Å². The van der Waals surface area contributed by atoms with Crippen LogP contribution in [0.4, 0.5) is 5.69 Å². The maximum absolute atomic E-state index is 10.8. The molecule has 0 amide bonds. The summed E-state index contributed by atoms with van der Waals surface area (Å²) in [6.45, 7) is 0. The number of hydrogen-bond acceptors (Lipinski definition) is 3. The Labute approximate surface area is 107 Å². The van der Waals surface area contributed by atoms with Gasteiger partial charge in [-0.25, -0.2) is 0 Å². The molecule has 0 radical (unpaired) electrons. The molecule has 1 aromatic rings. The number of nitrogens with zero attached hydrogens (tertiary/aromatic N) is 1. The number of allylic oxidation sites excluding steroid dienone is 2. The minimum absolute atomic E-state index is 0.0312. The van der Waals surface area contributed by atoms with Crippen molar-refractivity contribution in [3.05, 3.63) is 44.4 Å². The molecule has 4 nitrogen and oxygen atoms in total. The van der Waals surface area contributed by atoms with Gasteiger partial charge in [-0.05, 0) is 23.7 Å². The molecule has 1 aliphatic carbocycles. The molecule has 0 aliphatic heterocycles. The van der Waals surface area contributed by atoms with E-state index in [1.165, 1.54) is 6.07 Å². The maximum Gasteiger partial charge on any atom is 0.311 e. The van der Waals surface area contributed by atoms with Crippen LogP contribution in [0.5, 0.6) is 5.75 Å². The first-order chi connectivity index (χ1) is 8.11. The lowest BCUT2D eigenvalue weighted by Gasteiger charge is -2.21. The topological polar surface area (TPSA) is 63.4 Å². The van der Waals surface area contributed by atoms with E-state index in [0.717, 1.165) is 23.7 Å². The molecule has 0 spiro atoms. The zero-order valence-corrected chi connectivity index (χ0v) is 10.7. The molecule has 2 rings (SSSR count). The summed E-state index contributed by atoms with van der Waals surface area (Å²) in [7, 11) is 0. The molecule has 1 atom stereocenters. The van der Waals surface area contributed by atoms with Crippen molar-refractivity contribution in [3.8, 4) is 5.75 Å². The van der Waals surface area contributed by atoms with Crippen molar-refractivity contribution in [2.24, 2.45) is 0 Å². The van der Waals surface area contributed by atoms with E-state index < -0.39 is 4.92 Å². The van der Waals surface area contributed by atoms with Gasteiger partial charge in [-0.2, -0.15) is 0 Å². The van der Waals surface area contributed by atoms with Gasteiger partial charge >= 0.3 is 5.69 Å². The summed E-state index contributed by atoms with van der Waals surface area (Å²) < 4.78 is 1.000. The number of phenolic OH excluding ortho intramolecular Hbond substituents is 1. The van der Waals surface area contributed by atoms with Crippen LogP contribution in [0.2, 0.25) is 0 Å². The van der Waals surface area contributed by atoms with Crippen molar-refractivity contribution >= 4 is 21.6 Å². The lowest BCUT2D eigenvalue weighted by Crippen LogP contribution is -2.04. The Balaban J connectivity index is 2.45. The van der Waals surface area contributed by atoms with E-state index in [1.54, 1.807) is 12.1 Å². The largest absolute Gasteiger partial charge is 0.502 e. The third-order valence-corrected chi connectivity index (χ3v) is 3.86. The molecule has 0 bridgehead atoms. The van der Waals surface area contributed by atoms with Gasteiger partial charge in [-0.15, -0.1) is 0 Å². The third-order valence-electron chi connectivity index (χ3n) is 2.99. The minimum atomic E-state index is -0.556. The van der Waals surface area contributed by atoms with E-state index >= 15 is 0 Å². The Morgan fingerprint density at radius 3 is 2.88 bits per heavy atom. The Kier molecular flexibility index (Phi) is 3.47. The summed E-state index contributed by atoms with van der Waals surface area (Å²) >= 11 is 3.47. The quantitative estimate of drug-likeness (QED) is 0.666. The molecule has 1 unspecified atom stereocenters. The molecule has 90 valence electrons. The molecule has 1 aliphatic rings. The summed E-state index contributed by atoms with van der Waals surface area (Å²) in [6, 6.07) is 4.68. The number of nitro groups is 1. The zero-order chi connectivity index (χ0) is 12.4. The fourth-order valence-electron chi connectivity index (χ4n) is 2.12. The van der Waals surface area contributed by atoms with E-state index in [-0.39, 0.29) is 17.4 Å². The molecule has 5 heteroatoms. The van der Waals surface area contributed by atoms with Crippen LogP contribution in [0.25, 0.3) is 0 Å². The highest BCUT2D eigenvalue weighted by molar-refractivity contribution is 9.11. The smallest absolute Gasteiger partial charge is 0.311 e. The second-order valence-electron chi connectivity index (χ2n) is 4.04. The summed E-state index contributed by atoms with van der Waals surface area (Å²) in [5.41, 5.74) is 0.399. The van der Waals surface area contributed by atoms with Gasteiger partial charge in [-0.1, -0.05) is 34.1 Å². The highest BCUT2D eigenvalue weighted by atomic mass is 79.9. The van der Waals surface area contributed by atoms with E-state index in [2.05, 4.69) is 22.0 Å². The van der Waals surface area contributed by atoms with E-state index in [0.29, 0.717) is 5.56 Å². The van der Waals surface area contributed by atoms with Gasteiger partial charge in [0.25, 0.3) is 0 Å². The summed E-state index contributed by atoms with van der Waals surface area (Å²) in [5.74, 6) is -0.182. The molecule has 0 fully saturated rings. The van der Waals surface area contributed by atoms with Crippen LogP contribution in [0.15, 0.2) is 28.8 Å². The van der Waals surface area contributed by atoms with Crippen LogP contribution >= 0.6 is 15.9 Å². The van der Waals surface area contributed by atoms with Crippen molar-refractivity contribution in [1.29, 1.82) is 0 Å². The second kappa shape index (κ2) is 4.87. The van der Waals surface area contributed by atoms with Gasteiger partial charge in [0, 0.05) is 17.5 Å². The summed E-state index contributed by atoms with van der Waals surface area (Å²) in [6.07, 6.45) is 4.99. The molecule has 0 saturated carbocycles. The Hall–Kier alpha value is -1.36. The molecule has 1 N–H and O–H groups in total. The van der Waals surface area contributed by atoms with Crippen LogP contribution in [-0.2, 0) is 0 Å². The normalized spacial score (nSPS) is 19.8. The first-order valence-electron chi connectivity index (χ1n) is 5.43. The van der Waals surface area contributed by atoms with Gasteiger partial charge < -0.3 is 5.11 Å². The predicted molar refractivity (Wildman–Crippen MR) is 68.4 cm³/mol. The Morgan fingerprint density at radius 1 is 1.47 bits per heavy atom. The molecule has 0 heterocycles. The predicted octanol–water partition coefficient (Wildman–Crippen LogP) is 3.85. The van der Waals surface area contributed by atoms with Crippen LogP contribution in [0.1, 0.15) is 30.7 Å². The maximum atomic E-state index is 10.8. The number of aromatic hydroxyl groups is 1. The Bertz CT molecular complexity index is 485. The molecule has 1 aromatic carbocycles. The number of halogens is 1. The summed E-state index contributed by atoms with van der Waals surface area (Å²) in [5, 5.41) is 20.7. The molecular weight excluding hydrogens is 286 g/mol. The van der Waals surface area contributed by atoms with Crippen LogP contribution in [0.3, 0.4) is 0 Å². The van der Waals surface area contributed by atoms with Gasteiger partial charge in [-0.3, -0.25) is 10.1 Å². The number of phenols is 1. The number of rotatable bonds is 2. The molecular formula is C12H12BrNO3. The van der Waals surface area contributed by atoms with E-state index in [4.69, 9.17) is 0 Å². The number of nitro benzene ring substituents is 1. The van der Waals surface area contributed by atoms with Crippen molar-refractivity contribution < 1.29 is 10.0 Å². The first-order valence-corrected chi connectivity index (χ1v) is 6.22. The van der Waals surface area contributed by atoms with Gasteiger partial charge in [0.2, 0.25) is 0 Å². The highest BCUT2D eigenvalue weighted by Gasteiger charge is 2.25. The summed E-state index contributed by atoms with van der Waals surface area (Å²) in [4.78, 5) is 10.2. The minimum Gasteiger partial charge on any atom is -0.502 e. The average Bonchev–Trinajstić information content (AvgIpc) is 2.30. The average molecular weight is 298 g/mol. The van der Waals surface area contributed by atoms with Crippen molar-refractivity contribution in [2.75, 3.05) is 0 Å². The fourth-order valence-corrected chi connectivity index (χ4v) is 2.83. The van der Waals surface area contributed by atoms with E-state index in [9.17, 15) is 15.2 Å².